The number of esters is 1. The second-order valence-corrected chi connectivity index (χ2v) is 4.07. The van der Waals surface area contributed by atoms with Gasteiger partial charge in [-0.15, -0.1) is 0 Å². The van der Waals surface area contributed by atoms with Crippen molar-refractivity contribution in [1.29, 1.82) is 0 Å². The molecule has 5 heteroatoms. The molecule has 1 rings (SSSR count). The summed E-state index contributed by atoms with van der Waals surface area (Å²) in [6.45, 7) is 0.179. The van der Waals surface area contributed by atoms with Crippen LogP contribution < -0.4 is 0 Å². The van der Waals surface area contributed by atoms with E-state index in [1.807, 2.05) is 6.07 Å². The summed E-state index contributed by atoms with van der Waals surface area (Å²) in [6.07, 6.45) is 0.567. The molecule has 4 nitrogen and oxygen atoms in total. The molecule has 0 amide bonds. The molecule has 1 aromatic rings. The fourth-order valence-corrected chi connectivity index (χ4v) is 1.77. The molecule has 0 aliphatic rings. The molecule has 0 aromatic heterocycles. The minimum absolute atomic E-state index is 0.0844. The molecule has 0 saturated heterocycles. The van der Waals surface area contributed by atoms with Crippen molar-refractivity contribution >= 4 is 24.9 Å². The van der Waals surface area contributed by atoms with E-state index in [1.165, 1.54) is 7.11 Å². The fourth-order valence-electron chi connectivity index (χ4n) is 1.68. The third kappa shape index (κ3) is 3.11. The maximum atomic E-state index is 12.1. The summed E-state index contributed by atoms with van der Waals surface area (Å²) in [7, 11) is 1.39. The molecule has 0 aliphatic carbocycles. The largest absolute Gasteiger partial charge is 0.462 e. The van der Waals surface area contributed by atoms with E-state index in [2.05, 4.69) is 12.6 Å². The number of rotatable bonds is 7. The Morgan fingerprint density at radius 1 is 1.39 bits per heavy atom. The van der Waals surface area contributed by atoms with Crippen molar-refractivity contribution < 1.29 is 19.1 Å². The van der Waals surface area contributed by atoms with Crippen molar-refractivity contribution in [3.8, 4) is 0 Å². The van der Waals surface area contributed by atoms with E-state index >= 15 is 0 Å². The Labute approximate surface area is 112 Å². The summed E-state index contributed by atoms with van der Waals surface area (Å²) in [5.41, 5.74) is -0.768. The highest BCUT2D eigenvalue weighted by molar-refractivity contribution is 7.80. The number of hydrogen-bond acceptors (Lipinski definition) is 5. The van der Waals surface area contributed by atoms with Crippen LogP contribution in [-0.4, -0.2) is 31.7 Å². The Morgan fingerprint density at radius 3 is 2.56 bits per heavy atom. The van der Waals surface area contributed by atoms with E-state index < -0.39 is 11.6 Å². The van der Waals surface area contributed by atoms with Gasteiger partial charge in [-0.25, -0.2) is 4.79 Å². The van der Waals surface area contributed by atoms with Crippen molar-refractivity contribution in [2.45, 2.75) is 12.0 Å². The standard InChI is InChI=1S/C13H16O4S/c1-16-13(7-8-14,12(15)17-9-10-18)11-5-3-2-4-6-11/h2-6,8,18H,7,9-10H2,1H3. The third-order valence-electron chi connectivity index (χ3n) is 2.61. The smallest absolute Gasteiger partial charge is 0.343 e. The lowest BCUT2D eigenvalue weighted by Gasteiger charge is -2.28. The van der Waals surface area contributed by atoms with Gasteiger partial charge in [-0.2, -0.15) is 12.6 Å². The molecule has 98 valence electrons. The fraction of sp³-hybridized carbons (Fsp3) is 0.385. The minimum Gasteiger partial charge on any atom is -0.462 e. The topological polar surface area (TPSA) is 52.6 Å². The summed E-state index contributed by atoms with van der Waals surface area (Å²) >= 11 is 3.97. The zero-order valence-corrected chi connectivity index (χ0v) is 11.1. The summed E-state index contributed by atoms with van der Waals surface area (Å²) in [5, 5.41) is 0. The molecule has 0 aliphatic heterocycles. The van der Waals surface area contributed by atoms with Gasteiger partial charge < -0.3 is 14.3 Å². The number of aldehydes is 1. The van der Waals surface area contributed by atoms with Gasteiger partial charge in [-0.05, 0) is 5.56 Å². The molecule has 0 bridgehead atoms. The molecule has 1 aromatic carbocycles. The van der Waals surface area contributed by atoms with Gasteiger partial charge in [0, 0.05) is 19.3 Å². The highest BCUT2D eigenvalue weighted by Gasteiger charge is 2.41. The van der Waals surface area contributed by atoms with E-state index in [0.29, 0.717) is 17.6 Å². The first kappa shape index (κ1) is 14.7. The lowest BCUT2D eigenvalue weighted by atomic mass is 9.90. The van der Waals surface area contributed by atoms with Crippen LogP contribution in [0, 0.1) is 0 Å². The van der Waals surface area contributed by atoms with Crippen molar-refractivity contribution in [2.75, 3.05) is 19.5 Å². The van der Waals surface area contributed by atoms with E-state index in [1.54, 1.807) is 24.3 Å². The van der Waals surface area contributed by atoms with Crippen molar-refractivity contribution in [1.82, 2.24) is 0 Å². The molecular weight excluding hydrogens is 252 g/mol. The lowest BCUT2D eigenvalue weighted by molar-refractivity contribution is -0.171. The first-order valence-electron chi connectivity index (χ1n) is 5.53. The van der Waals surface area contributed by atoms with Gasteiger partial charge in [0.25, 0.3) is 0 Å². The first-order chi connectivity index (χ1) is 8.71. The molecular formula is C13H16O4S. The Hall–Kier alpha value is -1.33. The van der Waals surface area contributed by atoms with E-state index in [0.717, 1.165) is 0 Å². The number of benzene rings is 1. The predicted octanol–water partition coefficient (Wildman–Crippen LogP) is 1.59. The maximum Gasteiger partial charge on any atom is 0.343 e. The summed E-state index contributed by atoms with van der Waals surface area (Å²) in [6, 6.07) is 8.84. The van der Waals surface area contributed by atoms with Crippen LogP contribution in [0.4, 0.5) is 0 Å². The van der Waals surface area contributed by atoms with Crippen LogP contribution in [-0.2, 0) is 24.7 Å². The predicted molar refractivity (Wildman–Crippen MR) is 70.6 cm³/mol. The third-order valence-corrected chi connectivity index (χ3v) is 2.80. The van der Waals surface area contributed by atoms with Gasteiger partial charge in [0.1, 0.15) is 12.9 Å². The van der Waals surface area contributed by atoms with E-state index in [4.69, 9.17) is 9.47 Å². The SMILES string of the molecule is COC(CC=O)(C(=O)OCCS)c1ccccc1. The van der Waals surface area contributed by atoms with Crippen molar-refractivity contribution in [2.24, 2.45) is 0 Å². The Balaban J connectivity index is 3.08. The highest BCUT2D eigenvalue weighted by Crippen LogP contribution is 2.29. The second-order valence-electron chi connectivity index (χ2n) is 3.63. The van der Waals surface area contributed by atoms with Gasteiger partial charge in [0.05, 0.1) is 0 Å². The van der Waals surface area contributed by atoms with Crippen LogP contribution in [0.1, 0.15) is 12.0 Å². The van der Waals surface area contributed by atoms with Crippen LogP contribution in [0.2, 0.25) is 0 Å². The van der Waals surface area contributed by atoms with E-state index in [9.17, 15) is 9.59 Å². The number of carbonyl (C=O) groups is 2. The zero-order valence-electron chi connectivity index (χ0n) is 10.2. The van der Waals surface area contributed by atoms with Crippen LogP contribution in [0.5, 0.6) is 0 Å². The van der Waals surface area contributed by atoms with Gasteiger partial charge in [-0.3, -0.25) is 0 Å². The maximum absolute atomic E-state index is 12.1. The first-order valence-corrected chi connectivity index (χ1v) is 6.17. The van der Waals surface area contributed by atoms with Crippen LogP contribution in [0.25, 0.3) is 0 Å². The quantitative estimate of drug-likeness (QED) is 0.463. The Bertz CT molecular complexity index is 393. The van der Waals surface area contributed by atoms with Crippen LogP contribution >= 0.6 is 12.6 Å². The van der Waals surface area contributed by atoms with Crippen molar-refractivity contribution in [3.05, 3.63) is 35.9 Å². The summed E-state index contributed by atoms with van der Waals surface area (Å²) in [5.74, 6) is -0.154. The average molecular weight is 268 g/mol. The molecule has 0 heterocycles. The normalized spacial score (nSPS) is 13.7. The number of carbonyl (C=O) groups excluding carboxylic acids is 2. The molecule has 1 unspecified atom stereocenters. The number of thiol groups is 1. The molecule has 0 N–H and O–H groups in total. The minimum atomic E-state index is -1.37. The van der Waals surface area contributed by atoms with Gasteiger partial charge in [0.2, 0.25) is 0 Å². The molecule has 0 spiro atoms. The van der Waals surface area contributed by atoms with Gasteiger partial charge in [0.15, 0.2) is 5.60 Å². The molecule has 0 saturated carbocycles. The molecule has 0 fully saturated rings. The molecule has 0 radical (unpaired) electrons. The molecule has 1 atom stereocenters. The summed E-state index contributed by atoms with van der Waals surface area (Å²) in [4.78, 5) is 22.9. The zero-order chi connectivity index (χ0) is 13.4. The Kier molecular flexibility index (Phi) is 5.88. The van der Waals surface area contributed by atoms with Gasteiger partial charge >= 0.3 is 5.97 Å². The lowest BCUT2D eigenvalue weighted by Crippen LogP contribution is -2.40. The average Bonchev–Trinajstić information content (AvgIpc) is 2.43. The number of methoxy groups -OCH3 is 1. The molecule has 18 heavy (non-hydrogen) atoms. The van der Waals surface area contributed by atoms with Crippen molar-refractivity contribution in [3.63, 3.8) is 0 Å². The Morgan fingerprint density at radius 2 is 2.06 bits per heavy atom. The summed E-state index contributed by atoms with van der Waals surface area (Å²) < 4.78 is 10.3. The monoisotopic (exact) mass is 268 g/mol. The number of hydrogen-bond donors (Lipinski definition) is 1. The second kappa shape index (κ2) is 7.18. The highest BCUT2D eigenvalue weighted by atomic mass is 32.1. The van der Waals surface area contributed by atoms with Gasteiger partial charge in [-0.1, -0.05) is 30.3 Å². The van der Waals surface area contributed by atoms with Crippen LogP contribution in [0.3, 0.4) is 0 Å². The number of ether oxygens (including phenoxy) is 2. The van der Waals surface area contributed by atoms with Crippen LogP contribution in [0.15, 0.2) is 30.3 Å². The van der Waals surface area contributed by atoms with E-state index in [-0.39, 0.29) is 13.0 Å².